The van der Waals surface area contributed by atoms with Crippen molar-refractivity contribution in [2.24, 2.45) is 0 Å². The third kappa shape index (κ3) is 3.98. The van der Waals surface area contributed by atoms with Crippen LogP contribution >= 0.6 is 11.8 Å². The molecule has 3 nitrogen and oxygen atoms in total. The zero-order valence-corrected chi connectivity index (χ0v) is 14.3. The van der Waals surface area contributed by atoms with Gasteiger partial charge in [0.05, 0.1) is 0 Å². The lowest BCUT2D eigenvalue weighted by molar-refractivity contribution is 0.132. The molecule has 0 aromatic heterocycles. The van der Waals surface area contributed by atoms with Crippen molar-refractivity contribution in [2.75, 3.05) is 32.7 Å². The van der Waals surface area contributed by atoms with Crippen LogP contribution in [0, 0.1) is 0 Å². The largest absolute Gasteiger partial charge is 0.367 e. The molecule has 21 heavy (non-hydrogen) atoms. The number of allylic oxidation sites excluding steroid dienone is 2. The van der Waals surface area contributed by atoms with Crippen LogP contribution in [-0.4, -0.2) is 53.8 Å². The van der Waals surface area contributed by atoms with Gasteiger partial charge in [0.2, 0.25) is 0 Å². The topological polar surface area (TPSA) is 18.5 Å². The SMILES string of the molecule is CC(C)SC1=CC=C(N2CCCN(C3CCC3)CC2)NC1. The summed E-state index contributed by atoms with van der Waals surface area (Å²) < 4.78 is 0. The van der Waals surface area contributed by atoms with Gasteiger partial charge in [0.1, 0.15) is 5.82 Å². The average molecular weight is 308 g/mol. The monoisotopic (exact) mass is 307 g/mol. The predicted molar refractivity (Wildman–Crippen MR) is 92.3 cm³/mol. The zero-order valence-electron chi connectivity index (χ0n) is 13.5. The van der Waals surface area contributed by atoms with E-state index < -0.39 is 0 Å². The molecule has 0 aromatic carbocycles. The minimum atomic E-state index is 0.669. The smallest absolute Gasteiger partial charge is 0.102 e. The molecule has 0 bridgehead atoms. The van der Waals surface area contributed by atoms with E-state index in [1.165, 1.54) is 62.6 Å². The Hall–Kier alpha value is -0.610. The van der Waals surface area contributed by atoms with Gasteiger partial charge in [-0.25, -0.2) is 0 Å². The Kier molecular flexibility index (Phi) is 5.17. The first-order valence-electron chi connectivity index (χ1n) is 8.53. The minimum absolute atomic E-state index is 0.669. The van der Waals surface area contributed by atoms with Crippen molar-refractivity contribution in [3.8, 4) is 0 Å². The molecule has 3 rings (SSSR count). The maximum atomic E-state index is 3.62. The first-order chi connectivity index (χ1) is 10.2. The van der Waals surface area contributed by atoms with Crippen molar-refractivity contribution in [3.05, 3.63) is 22.9 Å². The highest BCUT2D eigenvalue weighted by Crippen LogP contribution is 2.27. The molecule has 1 aliphatic carbocycles. The van der Waals surface area contributed by atoms with Crippen molar-refractivity contribution in [1.29, 1.82) is 0 Å². The van der Waals surface area contributed by atoms with Crippen LogP contribution in [-0.2, 0) is 0 Å². The van der Waals surface area contributed by atoms with E-state index in [1.807, 2.05) is 11.8 Å². The molecule has 0 radical (unpaired) electrons. The van der Waals surface area contributed by atoms with Gasteiger partial charge in [0.15, 0.2) is 0 Å². The van der Waals surface area contributed by atoms with Gasteiger partial charge in [-0.3, -0.25) is 4.90 Å². The molecule has 1 saturated carbocycles. The molecule has 2 heterocycles. The third-order valence-corrected chi connectivity index (χ3v) is 5.77. The van der Waals surface area contributed by atoms with Crippen LogP contribution in [0.3, 0.4) is 0 Å². The normalized spacial score (nSPS) is 25.0. The van der Waals surface area contributed by atoms with Crippen LogP contribution in [0.5, 0.6) is 0 Å². The van der Waals surface area contributed by atoms with Crippen LogP contribution < -0.4 is 5.32 Å². The maximum Gasteiger partial charge on any atom is 0.102 e. The Labute approximate surface area is 133 Å². The molecule has 0 spiro atoms. The summed E-state index contributed by atoms with van der Waals surface area (Å²) in [5, 5.41) is 4.29. The average Bonchev–Trinajstić information content (AvgIpc) is 2.63. The second-order valence-electron chi connectivity index (χ2n) is 6.67. The van der Waals surface area contributed by atoms with Gasteiger partial charge in [-0.15, -0.1) is 11.8 Å². The van der Waals surface area contributed by atoms with Crippen LogP contribution in [0.2, 0.25) is 0 Å². The number of nitrogens with one attached hydrogen (secondary N) is 1. The van der Waals surface area contributed by atoms with E-state index >= 15 is 0 Å². The molecular formula is C17H29N3S. The summed E-state index contributed by atoms with van der Waals surface area (Å²) in [5.41, 5.74) is 0. The highest BCUT2D eigenvalue weighted by Gasteiger charge is 2.27. The summed E-state index contributed by atoms with van der Waals surface area (Å²) >= 11 is 1.97. The molecule has 1 N–H and O–H groups in total. The summed E-state index contributed by atoms with van der Waals surface area (Å²) in [5.74, 6) is 1.33. The van der Waals surface area contributed by atoms with Gasteiger partial charge in [-0.05, 0) is 31.4 Å². The second kappa shape index (κ2) is 7.10. The number of hydrogen-bond donors (Lipinski definition) is 1. The van der Waals surface area contributed by atoms with E-state index in [4.69, 9.17) is 0 Å². The molecule has 2 aliphatic heterocycles. The van der Waals surface area contributed by atoms with Crippen LogP contribution in [0.25, 0.3) is 0 Å². The van der Waals surface area contributed by atoms with Crippen LogP contribution in [0.15, 0.2) is 22.9 Å². The number of thioether (sulfide) groups is 1. The van der Waals surface area contributed by atoms with Gasteiger partial charge in [-0.1, -0.05) is 20.3 Å². The second-order valence-corrected chi connectivity index (χ2v) is 8.37. The van der Waals surface area contributed by atoms with E-state index in [9.17, 15) is 0 Å². The van der Waals surface area contributed by atoms with Crippen molar-refractivity contribution < 1.29 is 0 Å². The molecule has 0 unspecified atom stereocenters. The van der Waals surface area contributed by atoms with E-state index in [0.717, 1.165) is 12.6 Å². The van der Waals surface area contributed by atoms with E-state index in [2.05, 4.69) is 41.1 Å². The molecule has 4 heteroatoms. The minimum Gasteiger partial charge on any atom is -0.367 e. The van der Waals surface area contributed by atoms with Gasteiger partial charge in [-0.2, -0.15) is 0 Å². The fraction of sp³-hybridized carbons (Fsp3) is 0.765. The molecule has 0 aromatic rings. The highest BCUT2D eigenvalue weighted by atomic mass is 32.2. The van der Waals surface area contributed by atoms with Crippen LogP contribution in [0.4, 0.5) is 0 Å². The Balaban J connectivity index is 1.55. The first-order valence-corrected chi connectivity index (χ1v) is 9.41. The van der Waals surface area contributed by atoms with Crippen molar-refractivity contribution in [1.82, 2.24) is 15.1 Å². The lowest BCUT2D eigenvalue weighted by atomic mass is 9.91. The van der Waals surface area contributed by atoms with Gasteiger partial charge in [0, 0.05) is 48.9 Å². The predicted octanol–water partition coefficient (Wildman–Crippen LogP) is 3.02. The number of dihydropyridines is 1. The number of nitrogens with zero attached hydrogens (tertiary/aromatic N) is 2. The lowest BCUT2D eigenvalue weighted by Gasteiger charge is -2.37. The number of hydrogen-bond acceptors (Lipinski definition) is 4. The summed E-state index contributed by atoms with van der Waals surface area (Å²) in [6.45, 7) is 10.4. The maximum absolute atomic E-state index is 3.62. The molecule has 3 aliphatic rings. The van der Waals surface area contributed by atoms with E-state index in [1.54, 1.807) is 0 Å². The Bertz CT molecular complexity index is 412. The van der Waals surface area contributed by atoms with Crippen LogP contribution in [0.1, 0.15) is 39.5 Å². The third-order valence-electron chi connectivity index (χ3n) is 4.72. The first kappa shape index (κ1) is 15.3. The Morgan fingerprint density at radius 2 is 1.95 bits per heavy atom. The summed E-state index contributed by atoms with van der Waals surface area (Å²) in [4.78, 5) is 6.73. The van der Waals surface area contributed by atoms with Gasteiger partial charge < -0.3 is 10.2 Å². The summed E-state index contributed by atoms with van der Waals surface area (Å²) in [6, 6.07) is 0.896. The molecule has 2 fully saturated rings. The molecule has 0 amide bonds. The van der Waals surface area contributed by atoms with Crippen molar-refractivity contribution >= 4 is 11.8 Å². The fourth-order valence-corrected chi connectivity index (χ4v) is 4.27. The van der Waals surface area contributed by atoms with E-state index in [0.29, 0.717) is 5.25 Å². The molecule has 0 atom stereocenters. The zero-order chi connectivity index (χ0) is 14.7. The summed E-state index contributed by atoms with van der Waals surface area (Å²) in [7, 11) is 0. The standard InChI is InChI=1S/C17H29N3S/c1-14(2)21-16-7-8-17(18-13-16)20-10-4-9-19(11-12-20)15-5-3-6-15/h7-8,14-15,18H,3-6,9-13H2,1-2H3. The van der Waals surface area contributed by atoms with Gasteiger partial charge >= 0.3 is 0 Å². The Morgan fingerprint density at radius 3 is 2.57 bits per heavy atom. The Morgan fingerprint density at radius 1 is 1.10 bits per heavy atom. The van der Waals surface area contributed by atoms with Crippen molar-refractivity contribution in [2.45, 2.75) is 50.8 Å². The lowest BCUT2D eigenvalue weighted by Crippen LogP contribution is -2.42. The summed E-state index contributed by atoms with van der Waals surface area (Å²) in [6.07, 6.45) is 10.2. The molecule has 1 saturated heterocycles. The van der Waals surface area contributed by atoms with Gasteiger partial charge in [0.25, 0.3) is 0 Å². The van der Waals surface area contributed by atoms with Crippen molar-refractivity contribution in [3.63, 3.8) is 0 Å². The van der Waals surface area contributed by atoms with E-state index in [-0.39, 0.29) is 0 Å². The fourth-order valence-electron chi connectivity index (χ4n) is 3.36. The number of rotatable bonds is 4. The molecule has 118 valence electrons. The molecular weight excluding hydrogens is 278 g/mol. The quantitative estimate of drug-likeness (QED) is 0.860. The highest BCUT2D eigenvalue weighted by molar-refractivity contribution is 8.03.